The molecular weight excluding hydrogens is 327 g/mol. The molecule has 0 aliphatic carbocycles. The second kappa shape index (κ2) is 7.77. The average Bonchev–Trinajstić information content (AvgIpc) is 2.60. The van der Waals surface area contributed by atoms with Gasteiger partial charge in [0.15, 0.2) is 0 Å². The Morgan fingerprint density at radius 3 is 1.77 bits per heavy atom. The molecule has 0 bridgehead atoms. The number of benzene rings is 2. The standard InChI is InChI=1S/C18H21OPS2/c19-20(18-8-2-1-3-9-18)10-12-21-14-16-6-4-5-7-17(16)15-22-13-11-20/h1-9H,10-15H2. The highest BCUT2D eigenvalue weighted by atomic mass is 32.2. The first-order valence-electron chi connectivity index (χ1n) is 7.64. The summed E-state index contributed by atoms with van der Waals surface area (Å²) in [7, 11) is -2.24. The molecule has 0 atom stereocenters. The molecule has 0 N–H and O–H groups in total. The molecule has 22 heavy (non-hydrogen) atoms. The predicted molar refractivity (Wildman–Crippen MR) is 102 cm³/mol. The van der Waals surface area contributed by atoms with Crippen LogP contribution in [0.5, 0.6) is 0 Å². The van der Waals surface area contributed by atoms with Crippen molar-refractivity contribution in [1.29, 1.82) is 0 Å². The summed E-state index contributed by atoms with van der Waals surface area (Å²) in [6.07, 6.45) is 1.65. The van der Waals surface area contributed by atoms with Gasteiger partial charge in [0, 0.05) is 40.6 Å². The number of hydrogen-bond acceptors (Lipinski definition) is 3. The van der Waals surface area contributed by atoms with E-state index in [2.05, 4.69) is 24.3 Å². The zero-order valence-corrected chi connectivity index (χ0v) is 15.1. The summed E-state index contributed by atoms with van der Waals surface area (Å²) in [5, 5.41) is 1.06. The highest BCUT2D eigenvalue weighted by molar-refractivity contribution is 7.99. The normalized spacial score (nSPS) is 18.9. The lowest BCUT2D eigenvalue weighted by Crippen LogP contribution is -2.13. The molecule has 1 nitrogen and oxygen atoms in total. The van der Waals surface area contributed by atoms with Crippen molar-refractivity contribution in [3.8, 4) is 0 Å². The first-order valence-corrected chi connectivity index (χ1v) is 12.0. The van der Waals surface area contributed by atoms with Crippen molar-refractivity contribution in [3.05, 3.63) is 65.7 Å². The van der Waals surface area contributed by atoms with Crippen molar-refractivity contribution in [1.82, 2.24) is 0 Å². The molecule has 2 aromatic carbocycles. The maximum absolute atomic E-state index is 13.4. The fraction of sp³-hybridized carbons (Fsp3) is 0.333. The van der Waals surface area contributed by atoms with Gasteiger partial charge in [0.05, 0.1) is 0 Å². The summed E-state index contributed by atoms with van der Waals surface area (Å²) >= 11 is 3.84. The lowest BCUT2D eigenvalue weighted by molar-refractivity contribution is 0.583. The third kappa shape index (κ3) is 4.01. The minimum atomic E-state index is -2.24. The van der Waals surface area contributed by atoms with Crippen LogP contribution in [0.4, 0.5) is 0 Å². The van der Waals surface area contributed by atoms with Crippen molar-refractivity contribution >= 4 is 36.0 Å². The van der Waals surface area contributed by atoms with Gasteiger partial charge in [-0.2, -0.15) is 23.5 Å². The Balaban J connectivity index is 1.77. The average molecular weight is 348 g/mol. The summed E-state index contributed by atoms with van der Waals surface area (Å²) in [4.78, 5) is 0. The largest absolute Gasteiger partial charge is 0.319 e. The molecule has 1 aliphatic rings. The highest BCUT2D eigenvalue weighted by Gasteiger charge is 2.24. The summed E-state index contributed by atoms with van der Waals surface area (Å²) in [6.45, 7) is 0. The van der Waals surface area contributed by atoms with E-state index in [-0.39, 0.29) is 0 Å². The smallest absolute Gasteiger partial charge is 0.117 e. The second-order valence-electron chi connectivity index (χ2n) is 5.55. The summed E-state index contributed by atoms with van der Waals surface area (Å²) in [5.74, 6) is 4.02. The van der Waals surface area contributed by atoms with Crippen LogP contribution in [0.3, 0.4) is 0 Å². The van der Waals surface area contributed by atoms with Gasteiger partial charge >= 0.3 is 0 Å². The van der Waals surface area contributed by atoms with Crippen LogP contribution in [-0.2, 0) is 16.1 Å². The summed E-state index contributed by atoms with van der Waals surface area (Å²) in [5.41, 5.74) is 2.88. The topological polar surface area (TPSA) is 17.1 Å². The quantitative estimate of drug-likeness (QED) is 0.686. The minimum Gasteiger partial charge on any atom is -0.319 e. The Labute approximate surface area is 141 Å². The third-order valence-electron chi connectivity index (χ3n) is 4.05. The SMILES string of the molecule is O=P1(c2ccccc2)CCSCc2ccccc2CSCC1. The molecule has 0 radical (unpaired) electrons. The van der Waals surface area contributed by atoms with Crippen molar-refractivity contribution in [3.63, 3.8) is 0 Å². The third-order valence-corrected chi connectivity index (χ3v) is 9.81. The van der Waals surface area contributed by atoms with Gasteiger partial charge in [-0.3, -0.25) is 0 Å². The van der Waals surface area contributed by atoms with Crippen molar-refractivity contribution in [2.75, 3.05) is 23.8 Å². The van der Waals surface area contributed by atoms with Crippen molar-refractivity contribution in [2.45, 2.75) is 11.5 Å². The molecule has 1 heterocycles. The Morgan fingerprint density at radius 2 is 1.23 bits per heavy atom. The van der Waals surface area contributed by atoms with Crippen LogP contribution in [-0.4, -0.2) is 23.8 Å². The fourth-order valence-corrected chi connectivity index (χ4v) is 8.84. The molecule has 0 saturated heterocycles. The van der Waals surface area contributed by atoms with E-state index in [1.807, 2.05) is 53.9 Å². The highest BCUT2D eigenvalue weighted by Crippen LogP contribution is 2.46. The van der Waals surface area contributed by atoms with Gasteiger partial charge in [-0.25, -0.2) is 0 Å². The molecule has 0 fully saturated rings. The number of thioether (sulfide) groups is 2. The number of rotatable bonds is 1. The van der Waals surface area contributed by atoms with Crippen LogP contribution < -0.4 is 5.30 Å². The minimum absolute atomic E-state index is 0.824. The zero-order valence-electron chi connectivity index (χ0n) is 12.6. The molecule has 0 aromatic heterocycles. The molecule has 1 aliphatic heterocycles. The second-order valence-corrected chi connectivity index (χ2v) is 10.9. The molecule has 2 aromatic rings. The zero-order chi connectivity index (χ0) is 15.3. The van der Waals surface area contributed by atoms with Gasteiger partial charge in [-0.05, 0) is 11.1 Å². The molecule has 0 unspecified atom stereocenters. The van der Waals surface area contributed by atoms with Crippen LogP contribution in [0.1, 0.15) is 11.1 Å². The Morgan fingerprint density at radius 1 is 0.727 bits per heavy atom. The van der Waals surface area contributed by atoms with Crippen molar-refractivity contribution in [2.24, 2.45) is 0 Å². The predicted octanol–water partition coefficient (Wildman–Crippen LogP) is 4.86. The van der Waals surface area contributed by atoms with Crippen LogP contribution in [0, 0.1) is 0 Å². The van der Waals surface area contributed by atoms with E-state index in [1.165, 1.54) is 11.1 Å². The molecule has 3 rings (SSSR count). The van der Waals surface area contributed by atoms with Crippen LogP contribution in [0.2, 0.25) is 0 Å². The van der Waals surface area contributed by atoms with E-state index in [9.17, 15) is 4.57 Å². The van der Waals surface area contributed by atoms with Crippen LogP contribution >= 0.6 is 30.7 Å². The van der Waals surface area contributed by atoms with Crippen molar-refractivity contribution < 1.29 is 4.57 Å². The van der Waals surface area contributed by atoms with E-state index in [0.29, 0.717) is 0 Å². The van der Waals surface area contributed by atoms with Gasteiger partial charge in [-0.1, -0.05) is 54.6 Å². The Bertz CT molecular complexity index is 622. The Hall–Kier alpha value is -0.630. The van der Waals surface area contributed by atoms with Gasteiger partial charge in [0.25, 0.3) is 0 Å². The van der Waals surface area contributed by atoms with E-state index >= 15 is 0 Å². The maximum Gasteiger partial charge on any atom is 0.117 e. The number of fused-ring (bicyclic) bond motifs is 1. The van der Waals surface area contributed by atoms with Gasteiger partial charge in [-0.15, -0.1) is 0 Å². The first kappa shape index (κ1) is 16.2. The van der Waals surface area contributed by atoms with Crippen LogP contribution in [0.15, 0.2) is 54.6 Å². The molecule has 116 valence electrons. The van der Waals surface area contributed by atoms with Gasteiger partial charge in [0.1, 0.15) is 7.14 Å². The summed E-state index contributed by atoms with van der Waals surface area (Å²) < 4.78 is 13.4. The van der Waals surface area contributed by atoms with E-state index < -0.39 is 7.14 Å². The first-order chi connectivity index (χ1) is 10.8. The molecule has 4 heteroatoms. The van der Waals surface area contributed by atoms with Gasteiger partial charge < -0.3 is 4.57 Å². The lowest BCUT2D eigenvalue weighted by atomic mass is 10.1. The lowest BCUT2D eigenvalue weighted by Gasteiger charge is -2.18. The molecular formula is C18H21OPS2. The molecule has 0 saturated carbocycles. The maximum atomic E-state index is 13.4. The summed E-state index contributed by atoms with van der Waals surface area (Å²) in [6, 6.07) is 18.8. The fourth-order valence-electron chi connectivity index (χ4n) is 2.70. The van der Waals surface area contributed by atoms with Crippen LogP contribution in [0.25, 0.3) is 0 Å². The molecule has 0 amide bonds. The number of hydrogen-bond donors (Lipinski definition) is 0. The van der Waals surface area contributed by atoms with E-state index in [0.717, 1.165) is 40.6 Å². The van der Waals surface area contributed by atoms with E-state index in [1.54, 1.807) is 0 Å². The van der Waals surface area contributed by atoms with Gasteiger partial charge in [0.2, 0.25) is 0 Å². The monoisotopic (exact) mass is 348 g/mol. The molecule has 0 spiro atoms. The Kier molecular flexibility index (Phi) is 5.73. The van der Waals surface area contributed by atoms with E-state index in [4.69, 9.17) is 0 Å².